The van der Waals surface area contributed by atoms with E-state index in [-0.39, 0.29) is 11.8 Å². The Hall–Kier alpha value is -3.27. The van der Waals surface area contributed by atoms with Crippen LogP contribution in [0.25, 0.3) is 0 Å². The average molecular weight is 361 g/mol. The third-order valence-electron chi connectivity index (χ3n) is 4.50. The Balaban J connectivity index is 1.87. The maximum atomic E-state index is 13.1. The molecule has 0 aromatic heterocycles. The summed E-state index contributed by atoms with van der Waals surface area (Å²) in [6.07, 6.45) is 0. The highest BCUT2D eigenvalue weighted by Gasteiger charge is 2.23. The highest BCUT2D eigenvalue weighted by Crippen LogP contribution is 2.29. The zero-order chi connectivity index (χ0) is 19.1. The summed E-state index contributed by atoms with van der Waals surface area (Å²) in [6.45, 7) is 0.322. The molecule has 138 valence electrons. The second-order valence-corrected chi connectivity index (χ2v) is 6.11. The molecule has 3 aromatic rings. The molecule has 0 atom stereocenters. The van der Waals surface area contributed by atoms with E-state index < -0.39 is 0 Å². The number of hydrogen-bond acceptors (Lipinski definition) is 3. The monoisotopic (exact) mass is 361 g/mol. The van der Waals surface area contributed by atoms with Gasteiger partial charge in [0.15, 0.2) is 0 Å². The molecule has 3 rings (SSSR count). The average Bonchev–Trinajstić information content (AvgIpc) is 2.73. The van der Waals surface area contributed by atoms with Crippen molar-refractivity contribution in [3.63, 3.8) is 0 Å². The quantitative estimate of drug-likeness (QED) is 0.688. The molecule has 1 N–H and O–H groups in total. The van der Waals surface area contributed by atoms with Gasteiger partial charge in [-0.1, -0.05) is 66.7 Å². The molecule has 0 saturated carbocycles. The third kappa shape index (κ3) is 4.29. The molecule has 0 aliphatic rings. The van der Waals surface area contributed by atoms with Gasteiger partial charge >= 0.3 is 0 Å². The van der Waals surface area contributed by atoms with Crippen LogP contribution in [0.1, 0.15) is 22.6 Å². The van der Waals surface area contributed by atoms with Crippen LogP contribution < -0.4 is 14.8 Å². The Morgan fingerprint density at radius 1 is 0.778 bits per heavy atom. The van der Waals surface area contributed by atoms with Crippen molar-refractivity contribution in [2.24, 2.45) is 0 Å². The van der Waals surface area contributed by atoms with E-state index in [9.17, 15) is 4.79 Å². The first-order chi connectivity index (χ1) is 13.2. The van der Waals surface area contributed by atoms with E-state index in [1.165, 1.54) is 0 Å². The molecule has 4 nitrogen and oxygen atoms in total. The van der Waals surface area contributed by atoms with Crippen LogP contribution in [0.15, 0.2) is 78.9 Å². The zero-order valence-electron chi connectivity index (χ0n) is 15.5. The van der Waals surface area contributed by atoms with Crippen LogP contribution in [-0.2, 0) is 11.3 Å². The molecular weight excluding hydrogens is 338 g/mol. The summed E-state index contributed by atoms with van der Waals surface area (Å²) in [5.74, 6) is 0.921. The van der Waals surface area contributed by atoms with Crippen LogP contribution in [-0.4, -0.2) is 20.1 Å². The molecule has 3 aromatic carbocycles. The first kappa shape index (κ1) is 18.5. The van der Waals surface area contributed by atoms with Crippen LogP contribution in [0.5, 0.6) is 11.5 Å². The minimum absolute atomic E-state index is 0.0691. The fraction of sp³-hybridized carbons (Fsp3) is 0.174. The normalized spacial score (nSPS) is 10.5. The lowest BCUT2D eigenvalue weighted by Crippen LogP contribution is -2.30. The van der Waals surface area contributed by atoms with Gasteiger partial charge in [0, 0.05) is 0 Å². The molecule has 0 unspecified atom stereocenters. The first-order valence-electron chi connectivity index (χ1n) is 8.82. The van der Waals surface area contributed by atoms with E-state index in [2.05, 4.69) is 5.32 Å². The molecule has 0 spiro atoms. The molecule has 0 radical (unpaired) electrons. The van der Waals surface area contributed by atoms with Gasteiger partial charge in [0.25, 0.3) is 0 Å². The van der Waals surface area contributed by atoms with E-state index in [4.69, 9.17) is 9.47 Å². The number of nitrogens with one attached hydrogen (secondary N) is 1. The molecule has 0 heterocycles. The zero-order valence-corrected chi connectivity index (χ0v) is 15.5. The fourth-order valence-electron chi connectivity index (χ4n) is 3.17. The Morgan fingerprint density at radius 2 is 1.26 bits per heavy atom. The summed E-state index contributed by atoms with van der Waals surface area (Å²) >= 11 is 0. The molecule has 0 saturated heterocycles. The summed E-state index contributed by atoms with van der Waals surface area (Å²) in [7, 11) is 3.22. The van der Waals surface area contributed by atoms with Gasteiger partial charge in [-0.05, 0) is 23.3 Å². The van der Waals surface area contributed by atoms with E-state index in [1.54, 1.807) is 14.2 Å². The molecule has 0 aliphatic heterocycles. The number of rotatable bonds is 7. The van der Waals surface area contributed by atoms with E-state index in [0.29, 0.717) is 18.0 Å². The number of benzene rings is 3. The summed E-state index contributed by atoms with van der Waals surface area (Å²) < 4.78 is 10.8. The van der Waals surface area contributed by atoms with Crippen LogP contribution in [0, 0.1) is 0 Å². The number of carbonyl (C=O) groups is 1. The second kappa shape index (κ2) is 8.90. The number of hydrogen-bond donors (Lipinski definition) is 1. The first-order valence-corrected chi connectivity index (χ1v) is 8.82. The van der Waals surface area contributed by atoms with Crippen molar-refractivity contribution in [3.05, 3.63) is 95.6 Å². The highest BCUT2D eigenvalue weighted by atomic mass is 16.5. The molecule has 0 bridgehead atoms. The van der Waals surface area contributed by atoms with Crippen LogP contribution in [0.4, 0.5) is 0 Å². The molecule has 1 amide bonds. The Bertz CT molecular complexity index is 817. The highest BCUT2D eigenvalue weighted by molar-refractivity contribution is 5.87. The fourth-order valence-corrected chi connectivity index (χ4v) is 3.17. The van der Waals surface area contributed by atoms with Gasteiger partial charge in [-0.2, -0.15) is 0 Å². The van der Waals surface area contributed by atoms with Crippen molar-refractivity contribution >= 4 is 5.91 Å². The van der Waals surface area contributed by atoms with Gasteiger partial charge in [0.2, 0.25) is 5.91 Å². The van der Waals surface area contributed by atoms with Crippen molar-refractivity contribution in [2.75, 3.05) is 14.2 Å². The largest absolute Gasteiger partial charge is 0.496 e. The summed E-state index contributed by atoms with van der Waals surface area (Å²) in [6, 6.07) is 25.1. The summed E-state index contributed by atoms with van der Waals surface area (Å²) in [4.78, 5) is 13.1. The van der Waals surface area contributed by atoms with Crippen molar-refractivity contribution in [1.82, 2.24) is 5.32 Å². The van der Waals surface area contributed by atoms with Gasteiger partial charge < -0.3 is 14.8 Å². The van der Waals surface area contributed by atoms with Crippen molar-refractivity contribution in [3.8, 4) is 11.5 Å². The number of methoxy groups -OCH3 is 2. The van der Waals surface area contributed by atoms with Crippen LogP contribution in [0.3, 0.4) is 0 Å². The van der Waals surface area contributed by atoms with Crippen LogP contribution in [0.2, 0.25) is 0 Å². The SMILES string of the molecule is COc1cccc(OC)c1CNC(=O)C(c1ccccc1)c1ccccc1. The van der Waals surface area contributed by atoms with Gasteiger partial charge in [-0.3, -0.25) is 4.79 Å². The molecule has 27 heavy (non-hydrogen) atoms. The summed E-state index contributed by atoms with van der Waals surface area (Å²) in [5, 5.41) is 3.05. The maximum Gasteiger partial charge on any atom is 0.232 e. The molecule has 4 heteroatoms. The van der Waals surface area contributed by atoms with Crippen molar-refractivity contribution < 1.29 is 14.3 Å². The minimum Gasteiger partial charge on any atom is -0.496 e. The molecule has 0 fully saturated rings. The predicted molar refractivity (Wildman–Crippen MR) is 106 cm³/mol. The van der Waals surface area contributed by atoms with Crippen molar-refractivity contribution in [2.45, 2.75) is 12.5 Å². The Kier molecular flexibility index (Phi) is 6.10. The topological polar surface area (TPSA) is 47.6 Å². The maximum absolute atomic E-state index is 13.1. The molecular formula is C23H23NO3. The predicted octanol–water partition coefficient (Wildman–Crippen LogP) is 4.15. The molecule has 0 aliphatic carbocycles. The lowest BCUT2D eigenvalue weighted by atomic mass is 9.90. The second-order valence-electron chi connectivity index (χ2n) is 6.11. The van der Waals surface area contributed by atoms with Crippen molar-refractivity contribution in [1.29, 1.82) is 0 Å². The van der Waals surface area contributed by atoms with E-state index >= 15 is 0 Å². The smallest absolute Gasteiger partial charge is 0.232 e. The lowest BCUT2D eigenvalue weighted by molar-refractivity contribution is -0.121. The standard InChI is InChI=1S/C23H23NO3/c1-26-20-14-9-15-21(27-2)19(20)16-24-23(25)22(17-10-5-3-6-11-17)18-12-7-4-8-13-18/h3-15,22H,16H2,1-2H3,(H,24,25). The van der Waals surface area contributed by atoms with E-state index in [0.717, 1.165) is 16.7 Å². The lowest BCUT2D eigenvalue weighted by Gasteiger charge is -2.19. The van der Waals surface area contributed by atoms with Gasteiger partial charge in [0.05, 0.1) is 32.2 Å². The van der Waals surface area contributed by atoms with Gasteiger partial charge in [-0.15, -0.1) is 0 Å². The van der Waals surface area contributed by atoms with Gasteiger partial charge in [-0.25, -0.2) is 0 Å². The number of carbonyl (C=O) groups excluding carboxylic acids is 1. The summed E-state index contributed by atoms with van der Waals surface area (Å²) in [5.41, 5.74) is 2.72. The van der Waals surface area contributed by atoms with Gasteiger partial charge in [0.1, 0.15) is 11.5 Å². The van der Waals surface area contributed by atoms with E-state index in [1.807, 2.05) is 78.9 Å². The number of amides is 1. The minimum atomic E-state index is -0.381. The Morgan fingerprint density at radius 3 is 1.70 bits per heavy atom. The van der Waals surface area contributed by atoms with Crippen LogP contribution >= 0.6 is 0 Å². The third-order valence-corrected chi connectivity index (χ3v) is 4.50. The Labute approximate surface area is 159 Å². The number of ether oxygens (including phenoxy) is 2.